The maximum absolute atomic E-state index is 6.82. The van der Waals surface area contributed by atoms with E-state index >= 15 is 0 Å². The van der Waals surface area contributed by atoms with E-state index in [2.05, 4.69) is 70.6 Å². The smallest absolute Gasteiger partial charge is 0.399 e. The lowest BCUT2D eigenvalue weighted by atomic mass is 8.21. The minimum Gasteiger partial charge on any atom is -0.399 e. The lowest BCUT2D eigenvalue weighted by molar-refractivity contribution is 0.00578. The van der Waals surface area contributed by atoms with Gasteiger partial charge in [0.2, 0.25) is 0 Å². The summed E-state index contributed by atoms with van der Waals surface area (Å²) >= 11 is 0. The van der Waals surface area contributed by atoms with Gasteiger partial charge in [-0.25, -0.2) is 0 Å². The predicted molar refractivity (Wildman–Crippen MR) is 499 cm³/mol. The Morgan fingerprint density at radius 3 is 0.755 bits per heavy atom. The van der Waals surface area contributed by atoms with E-state index in [0.29, 0.717) is 0 Å². The van der Waals surface area contributed by atoms with Crippen LogP contribution in [0.2, 0.25) is 0 Å². The summed E-state index contributed by atoms with van der Waals surface area (Å²) in [6, 6.07) is 8.15. The molecule has 0 spiro atoms. The van der Waals surface area contributed by atoms with Gasteiger partial charge in [0.05, 0.1) is 16.9 Å². The van der Waals surface area contributed by atoms with Crippen LogP contribution in [0.5, 0.6) is 0 Å². The highest BCUT2D eigenvalue weighted by Crippen LogP contribution is 2.37. The van der Waals surface area contributed by atoms with Crippen LogP contribution >= 0.6 is 0 Å². The Labute approximate surface area is 633 Å². The fraction of sp³-hybridized carbons (Fsp3) is 0.500. The average molecular weight is 1080 g/mol. The predicted octanol–water partition coefficient (Wildman–Crippen LogP) is -22.5. The topological polar surface area (TPSA) is 44.2 Å². The Morgan fingerprint density at radius 1 is 0.319 bits per heavy atom. The number of rotatable bonds is 35. The van der Waals surface area contributed by atoms with Crippen molar-refractivity contribution in [1.29, 1.82) is 0 Å². The fourth-order valence-electron chi connectivity index (χ4n) is 14.7. The standard InChI is InChI=1S/C20H27BN2O2.B69/c1-18(2,3)17-11-8-14(12-23-17)16-10-9-15(13-22-16)21-24-19(4,5)20(6,7)25-21;1-36-54(37(2)3)63(55(38(4)5)39(6)7)67(62(52(32)33)53(34)35)69(66(60(48(24)25)49(26)27)61(50(28)29)51(30)31)68(64(56(40(8)9)41(10)11)57(42(12)13)43(14)15)65(58(44(16)17)45(18)19)59(46(20)21)47(22)23/h8-13H,1-7H3;. The van der Waals surface area contributed by atoms with Crippen molar-refractivity contribution in [2.24, 2.45) is 0 Å². The van der Waals surface area contributed by atoms with Gasteiger partial charge in [0.15, 0.2) is 0 Å². The fourth-order valence-corrected chi connectivity index (χ4v) is 14.7. The summed E-state index contributed by atoms with van der Waals surface area (Å²) in [6.45, 7) is 14.7. The van der Waals surface area contributed by atoms with Gasteiger partial charge in [-0.15, -0.1) is 0 Å². The van der Waals surface area contributed by atoms with Gasteiger partial charge in [0.25, 0.3) is 0 Å². The molecule has 0 amide bonds. The minimum absolute atomic E-state index is 0.0482. The molecule has 1 aliphatic rings. The third-order valence-electron chi connectivity index (χ3n) is 19.6. The van der Waals surface area contributed by atoms with Crippen LogP contribution in [0.1, 0.15) is 54.2 Å². The van der Waals surface area contributed by atoms with E-state index in [4.69, 9.17) is 280 Å². The zero-order chi connectivity index (χ0) is 73.2. The molecule has 0 unspecified atom stereocenters. The number of nitrogens with zero attached hydrogens (tertiary/aromatic N) is 2. The molecule has 4 nitrogen and oxygen atoms in total. The highest BCUT2D eigenvalue weighted by molar-refractivity contribution is 8.39. The van der Waals surface area contributed by atoms with Crippen LogP contribution in [0.25, 0.3) is 11.3 Å². The first-order valence-corrected chi connectivity index (χ1v) is 31.4. The molecule has 339 valence electrons. The summed E-state index contributed by atoms with van der Waals surface area (Å²) in [4.78, 5) is 9.16. The number of hydrogen-bond donors (Lipinski definition) is 0. The van der Waals surface area contributed by atoms with Gasteiger partial charge >= 0.3 is 7.12 Å². The van der Waals surface area contributed by atoms with Gasteiger partial charge in [0.1, 0.15) is 0 Å². The third-order valence-corrected chi connectivity index (χ3v) is 19.6. The molecule has 74 heteroatoms. The average Bonchev–Trinajstić information content (AvgIpc) is 0.881. The van der Waals surface area contributed by atoms with E-state index in [9.17, 15) is 0 Å². The van der Waals surface area contributed by atoms with Gasteiger partial charge in [-0.05, 0) is 45.9 Å². The number of hydrogen-bond acceptors (Lipinski definition) is 4. The molecule has 0 bridgehead atoms. The number of pyridine rings is 2. The van der Waals surface area contributed by atoms with Crippen LogP contribution in [0.15, 0.2) is 36.7 Å². The highest BCUT2D eigenvalue weighted by atomic mass is 16.7. The molecular formula is C20H27B70N2O2. The van der Waals surface area contributed by atoms with Gasteiger partial charge < -0.3 is 9.31 Å². The Bertz CT molecular complexity index is 2250. The molecule has 3 rings (SSSR count). The summed E-state index contributed by atoms with van der Waals surface area (Å²) in [5.74, 6) is 0. The van der Waals surface area contributed by atoms with Gasteiger partial charge in [-0.1, -0.05) is 26.8 Å². The first-order valence-electron chi connectivity index (χ1n) is 31.4. The first kappa shape index (κ1) is 92.8. The SMILES string of the molecule is CC(C)(C)c1ccc(-c2ccc(B3OC(C)(C)C(C)(C)O3)cn2)cn1.[B][B]B(B([B])[B])B(B(B([B])[B])B([B])[B])B(B(B([B])[B])B([B])[B])B(B(B(B([B])[B])B([B])[B])B(B([B])[B])B([B])[B])B(B(B(B([B])[B])B([B])[B])B(B([B])[B])B([B])[B])B(B(B([B])[B])B([B])[B])B(B([B])[B])B([B])[B]. The summed E-state index contributed by atoms with van der Waals surface area (Å²) in [5.41, 5.74) is 3.27. The molecule has 1 aliphatic heterocycles. The van der Waals surface area contributed by atoms with Crippen molar-refractivity contribution in [2.45, 2.75) is 65.1 Å². The molecule has 1 fully saturated rings. The van der Waals surface area contributed by atoms with Gasteiger partial charge in [0, 0.05) is 523 Å². The molecule has 2 aromatic rings. The molecular weight excluding hydrogens is 1060 g/mol. The summed E-state index contributed by atoms with van der Waals surface area (Å²) < 4.78 is 12.1. The van der Waals surface area contributed by atoms with Crippen molar-refractivity contribution in [3.8, 4) is 11.3 Å². The Morgan fingerprint density at radius 2 is 0.564 bits per heavy atom. The molecule has 0 saturated carbocycles. The van der Waals surface area contributed by atoms with Crippen molar-refractivity contribution in [1.82, 2.24) is 9.97 Å². The van der Waals surface area contributed by atoms with Crippen molar-refractivity contribution in [3.63, 3.8) is 0 Å². The van der Waals surface area contributed by atoms with E-state index in [0.717, 1.165) is 29.5 Å². The van der Waals surface area contributed by atoms with E-state index < -0.39 is 211 Å². The maximum Gasteiger partial charge on any atom is 0.496 e. The quantitative estimate of drug-likeness (QED) is 0.0645. The zero-order valence-corrected chi connectivity index (χ0v) is 56.1. The van der Waals surface area contributed by atoms with E-state index in [1.807, 2.05) is 24.5 Å². The highest BCUT2D eigenvalue weighted by Gasteiger charge is 2.64. The Balaban J connectivity index is 0.000000985. The molecule has 1 saturated heterocycles. The molecule has 0 atom stereocenters. The van der Waals surface area contributed by atoms with Gasteiger partial charge in [-0.3, -0.25) is 9.97 Å². The molecule has 0 aliphatic carbocycles. The van der Waals surface area contributed by atoms with Crippen molar-refractivity contribution in [3.05, 3.63) is 42.4 Å². The first-order chi connectivity index (χ1) is 42.9. The second-order valence-electron chi connectivity index (χ2n) is 28.0. The minimum atomic E-state index is -1.68. The molecule has 3 heterocycles. The number of aromatic nitrogens is 2. The van der Waals surface area contributed by atoms with Crippen LogP contribution in [-0.4, -0.2) is 517 Å². The summed E-state index contributed by atoms with van der Waals surface area (Å²) in [6.07, 6.45) is -46.5. The lowest BCUT2D eigenvalue weighted by Gasteiger charge is -2.60. The third kappa shape index (κ3) is 24.1. The van der Waals surface area contributed by atoms with Crippen LogP contribution in [0.3, 0.4) is 0 Å². The molecule has 71 radical (unpaired) electrons. The maximum atomic E-state index is 6.82. The van der Waals surface area contributed by atoms with Crippen LogP contribution < -0.4 is 5.46 Å². The second kappa shape index (κ2) is 40.5. The lowest BCUT2D eigenvalue weighted by Crippen LogP contribution is -2.98. The molecule has 0 aromatic carbocycles. The zero-order valence-electron chi connectivity index (χ0n) is 56.1. The second-order valence-corrected chi connectivity index (χ2v) is 28.0. The van der Waals surface area contributed by atoms with E-state index in [-0.39, 0.29) is 23.7 Å². The van der Waals surface area contributed by atoms with E-state index in [1.165, 1.54) is 0 Å². The van der Waals surface area contributed by atoms with E-state index in [1.54, 1.807) is 0 Å². The van der Waals surface area contributed by atoms with Crippen LogP contribution in [-0.2, 0) is 14.7 Å². The Kier molecular flexibility index (Phi) is 40.0. The molecule has 0 N–H and O–H groups in total. The normalized spacial score (nSPS) is 12.3. The summed E-state index contributed by atoms with van der Waals surface area (Å²) in [7, 11) is 236. The molecule has 94 heavy (non-hydrogen) atoms. The van der Waals surface area contributed by atoms with Crippen molar-refractivity contribution < 1.29 is 9.31 Å². The largest absolute Gasteiger partial charge is 0.496 e. The Hall–Kier alpha value is 2.77. The van der Waals surface area contributed by atoms with Gasteiger partial charge in [-0.2, -0.15) is 0 Å². The molecule has 2 aromatic heterocycles. The monoisotopic (exact) mass is 1100 g/mol. The van der Waals surface area contributed by atoms with Crippen LogP contribution in [0.4, 0.5) is 0 Å². The van der Waals surface area contributed by atoms with Crippen molar-refractivity contribution >= 4 is 501 Å². The van der Waals surface area contributed by atoms with Crippen LogP contribution in [0, 0.1) is 0 Å². The van der Waals surface area contributed by atoms with Crippen molar-refractivity contribution in [2.75, 3.05) is 0 Å². The summed E-state index contributed by atoms with van der Waals surface area (Å²) in [5, 5.41) is 0.